The van der Waals surface area contributed by atoms with Gasteiger partial charge < -0.3 is 4.90 Å². The van der Waals surface area contributed by atoms with Gasteiger partial charge in [0.05, 0.1) is 0 Å². The second kappa shape index (κ2) is 6.36. The van der Waals surface area contributed by atoms with Gasteiger partial charge in [0.15, 0.2) is 0 Å². The number of piperidine rings is 1. The van der Waals surface area contributed by atoms with E-state index in [9.17, 15) is 9.59 Å². The summed E-state index contributed by atoms with van der Waals surface area (Å²) in [6, 6.07) is 5.65. The second-order valence-electron chi connectivity index (χ2n) is 6.00. The van der Waals surface area contributed by atoms with Gasteiger partial charge in [-0.25, -0.2) is 9.36 Å². The molecule has 3 heterocycles. The summed E-state index contributed by atoms with van der Waals surface area (Å²) in [5.41, 5.74) is 0.505. The first kappa shape index (κ1) is 15.5. The first-order chi connectivity index (χ1) is 11.1. The standard InChI is InChI=1S/C16H20N4O3/c1-11-6-5-7-12(2)20(11)14(21)10-19-15(18-23-16(19)22)13-8-3-4-9-17-13/h3-4,8-9,11-12H,5-7,10H2,1-2H3. The number of hydrogen-bond donors (Lipinski definition) is 0. The van der Waals surface area contributed by atoms with Gasteiger partial charge in [-0.3, -0.25) is 14.3 Å². The lowest BCUT2D eigenvalue weighted by Gasteiger charge is -2.39. The molecular weight excluding hydrogens is 296 g/mol. The Labute approximate surface area is 133 Å². The molecule has 0 radical (unpaired) electrons. The van der Waals surface area contributed by atoms with Gasteiger partial charge in [-0.15, -0.1) is 0 Å². The molecule has 1 saturated heterocycles. The van der Waals surface area contributed by atoms with E-state index in [-0.39, 0.29) is 30.4 Å². The molecular formula is C16H20N4O3. The SMILES string of the molecule is CC1CCCC(C)N1C(=O)Cn1c(-c2ccccn2)noc1=O. The number of pyridine rings is 1. The summed E-state index contributed by atoms with van der Waals surface area (Å²) in [5.74, 6) is -0.454. The normalized spacial score (nSPS) is 21.4. The largest absolute Gasteiger partial charge is 0.442 e. The molecule has 23 heavy (non-hydrogen) atoms. The lowest BCUT2D eigenvalue weighted by Crippen LogP contribution is -2.49. The molecule has 1 amide bonds. The third-order valence-electron chi connectivity index (χ3n) is 4.36. The third kappa shape index (κ3) is 3.04. The molecule has 0 saturated carbocycles. The summed E-state index contributed by atoms with van der Waals surface area (Å²) in [4.78, 5) is 30.7. The maximum atomic E-state index is 12.7. The molecule has 7 nitrogen and oxygen atoms in total. The smallest absolute Gasteiger partial charge is 0.336 e. The Morgan fingerprint density at radius 3 is 2.70 bits per heavy atom. The molecule has 2 unspecified atom stereocenters. The van der Waals surface area contributed by atoms with Crippen LogP contribution >= 0.6 is 0 Å². The first-order valence-corrected chi connectivity index (χ1v) is 7.87. The van der Waals surface area contributed by atoms with E-state index in [1.165, 1.54) is 4.57 Å². The minimum Gasteiger partial charge on any atom is -0.336 e. The fourth-order valence-corrected chi connectivity index (χ4v) is 3.22. The highest BCUT2D eigenvalue weighted by Gasteiger charge is 2.30. The Kier molecular flexibility index (Phi) is 4.27. The van der Waals surface area contributed by atoms with E-state index in [4.69, 9.17) is 4.52 Å². The van der Waals surface area contributed by atoms with Crippen molar-refractivity contribution in [3.63, 3.8) is 0 Å². The maximum absolute atomic E-state index is 12.7. The summed E-state index contributed by atoms with van der Waals surface area (Å²) in [5, 5.41) is 3.76. The van der Waals surface area contributed by atoms with Gasteiger partial charge in [0.25, 0.3) is 0 Å². The van der Waals surface area contributed by atoms with Crippen LogP contribution in [0.2, 0.25) is 0 Å². The van der Waals surface area contributed by atoms with Crippen molar-refractivity contribution in [3.8, 4) is 11.5 Å². The zero-order valence-corrected chi connectivity index (χ0v) is 13.3. The zero-order chi connectivity index (χ0) is 16.4. The first-order valence-electron chi connectivity index (χ1n) is 7.87. The Bertz CT molecular complexity index is 727. The fourth-order valence-electron chi connectivity index (χ4n) is 3.22. The van der Waals surface area contributed by atoms with Crippen LogP contribution in [0.1, 0.15) is 33.1 Å². The number of nitrogens with zero attached hydrogens (tertiary/aromatic N) is 4. The summed E-state index contributed by atoms with van der Waals surface area (Å²) in [7, 11) is 0. The molecule has 0 spiro atoms. The number of likely N-dealkylation sites (tertiary alicyclic amines) is 1. The van der Waals surface area contributed by atoms with Crippen LogP contribution in [-0.2, 0) is 11.3 Å². The van der Waals surface area contributed by atoms with Crippen LogP contribution in [0.15, 0.2) is 33.7 Å². The molecule has 3 rings (SSSR count). The number of aromatic nitrogens is 3. The molecule has 122 valence electrons. The van der Waals surface area contributed by atoms with Crippen LogP contribution < -0.4 is 5.76 Å². The van der Waals surface area contributed by atoms with E-state index in [1.807, 2.05) is 18.7 Å². The van der Waals surface area contributed by atoms with E-state index in [0.717, 1.165) is 19.3 Å². The molecule has 1 fully saturated rings. The van der Waals surface area contributed by atoms with E-state index in [2.05, 4.69) is 10.1 Å². The molecule has 1 aliphatic heterocycles. The third-order valence-corrected chi connectivity index (χ3v) is 4.36. The monoisotopic (exact) mass is 316 g/mol. The maximum Gasteiger partial charge on any atom is 0.442 e. The zero-order valence-electron chi connectivity index (χ0n) is 13.3. The van der Waals surface area contributed by atoms with Gasteiger partial charge in [-0.2, -0.15) is 0 Å². The topological polar surface area (TPSA) is 81.2 Å². The summed E-state index contributed by atoms with van der Waals surface area (Å²) in [6.07, 6.45) is 4.71. The number of rotatable bonds is 3. The summed E-state index contributed by atoms with van der Waals surface area (Å²) in [6.45, 7) is 4.01. The minimum absolute atomic E-state index is 0.0804. The van der Waals surface area contributed by atoms with Gasteiger partial charge in [0, 0.05) is 18.3 Å². The predicted octanol–water partition coefficient (Wildman–Crippen LogP) is 1.69. The second-order valence-corrected chi connectivity index (χ2v) is 6.00. The van der Waals surface area contributed by atoms with Crippen LogP contribution in [0, 0.1) is 0 Å². The van der Waals surface area contributed by atoms with E-state index < -0.39 is 5.76 Å². The highest BCUT2D eigenvalue weighted by Crippen LogP contribution is 2.23. The van der Waals surface area contributed by atoms with Crippen molar-refractivity contribution in [1.82, 2.24) is 19.6 Å². The van der Waals surface area contributed by atoms with Crippen molar-refractivity contribution >= 4 is 5.91 Å². The Hall–Kier alpha value is -2.44. The summed E-state index contributed by atoms with van der Waals surface area (Å²) >= 11 is 0. The fraction of sp³-hybridized carbons (Fsp3) is 0.500. The molecule has 0 aromatic carbocycles. The van der Waals surface area contributed by atoms with Crippen molar-refractivity contribution < 1.29 is 9.32 Å². The average molecular weight is 316 g/mol. The lowest BCUT2D eigenvalue weighted by molar-refractivity contribution is -0.138. The van der Waals surface area contributed by atoms with Gasteiger partial charge in [0.2, 0.25) is 11.7 Å². The van der Waals surface area contributed by atoms with Gasteiger partial charge >= 0.3 is 5.76 Å². The molecule has 2 aromatic heterocycles. The van der Waals surface area contributed by atoms with Crippen molar-refractivity contribution in [2.75, 3.05) is 0 Å². The molecule has 2 atom stereocenters. The van der Waals surface area contributed by atoms with Crippen molar-refractivity contribution in [1.29, 1.82) is 0 Å². The highest BCUT2D eigenvalue weighted by molar-refractivity contribution is 5.77. The van der Waals surface area contributed by atoms with Crippen molar-refractivity contribution in [3.05, 3.63) is 34.9 Å². The molecule has 0 N–H and O–H groups in total. The van der Waals surface area contributed by atoms with Crippen LogP contribution in [0.3, 0.4) is 0 Å². The molecule has 2 aromatic rings. The number of carbonyl (C=O) groups excluding carboxylic acids is 1. The van der Waals surface area contributed by atoms with E-state index >= 15 is 0 Å². The van der Waals surface area contributed by atoms with Crippen LogP contribution in [0.4, 0.5) is 0 Å². The Balaban J connectivity index is 1.87. The van der Waals surface area contributed by atoms with Crippen LogP contribution in [0.25, 0.3) is 11.5 Å². The molecule has 0 aliphatic carbocycles. The quantitative estimate of drug-likeness (QED) is 0.860. The number of carbonyl (C=O) groups is 1. The molecule has 7 heteroatoms. The van der Waals surface area contributed by atoms with Gasteiger partial charge in [-0.1, -0.05) is 11.2 Å². The highest BCUT2D eigenvalue weighted by atomic mass is 16.5. The predicted molar refractivity (Wildman–Crippen MR) is 83.6 cm³/mol. The summed E-state index contributed by atoms with van der Waals surface area (Å²) < 4.78 is 5.99. The Morgan fingerprint density at radius 1 is 1.30 bits per heavy atom. The lowest BCUT2D eigenvalue weighted by atomic mass is 9.97. The van der Waals surface area contributed by atoms with Gasteiger partial charge in [0.1, 0.15) is 12.2 Å². The number of amides is 1. The van der Waals surface area contributed by atoms with Gasteiger partial charge in [-0.05, 0) is 45.2 Å². The molecule has 1 aliphatic rings. The van der Waals surface area contributed by atoms with E-state index in [1.54, 1.807) is 24.4 Å². The van der Waals surface area contributed by atoms with Crippen LogP contribution in [0.5, 0.6) is 0 Å². The Morgan fingerprint density at radius 2 is 2.04 bits per heavy atom. The van der Waals surface area contributed by atoms with Crippen molar-refractivity contribution in [2.45, 2.75) is 51.7 Å². The van der Waals surface area contributed by atoms with Crippen LogP contribution in [-0.4, -0.2) is 37.6 Å². The average Bonchev–Trinajstić information content (AvgIpc) is 2.89. The molecule has 0 bridgehead atoms. The number of hydrogen-bond acceptors (Lipinski definition) is 5. The van der Waals surface area contributed by atoms with E-state index in [0.29, 0.717) is 5.69 Å². The minimum atomic E-state index is -0.642. The van der Waals surface area contributed by atoms with Crippen molar-refractivity contribution in [2.24, 2.45) is 0 Å².